The molecule has 1 amide bonds. The van der Waals surface area contributed by atoms with Gasteiger partial charge < -0.3 is 24.4 Å². The lowest BCUT2D eigenvalue weighted by molar-refractivity contribution is -0.193. The first-order valence-electron chi connectivity index (χ1n) is 11.2. The SMILES string of the molecule is CN(Cc1cccnc1)[C@@H]1CN(C(=O)c2ccno2)[C@@H]2CCCO[C@H]12.O=C(O)C(F)(F)F.O=C(O)C(F)(F)F. The van der Waals surface area contributed by atoms with Crippen molar-refractivity contribution in [3.63, 3.8) is 0 Å². The third-order valence-corrected chi connectivity index (χ3v) is 5.61. The lowest BCUT2D eigenvalue weighted by Gasteiger charge is -2.34. The largest absolute Gasteiger partial charge is 0.490 e. The smallest absolute Gasteiger partial charge is 0.475 e. The van der Waals surface area contributed by atoms with E-state index in [1.165, 1.54) is 6.20 Å². The van der Waals surface area contributed by atoms with E-state index in [0.717, 1.165) is 31.6 Å². The number of fused-ring (bicyclic) bond motifs is 1. The van der Waals surface area contributed by atoms with E-state index in [4.69, 9.17) is 29.1 Å². The van der Waals surface area contributed by atoms with Gasteiger partial charge in [0.1, 0.15) is 0 Å². The molecule has 0 spiro atoms. The summed E-state index contributed by atoms with van der Waals surface area (Å²) in [5.74, 6) is -5.32. The second-order valence-electron chi connectivity index (χ2n) is 8.33. The molecule has 0 aromatic carbocycles. The van der Waals surface area contributed by atoms with Crippen LogP contribution in [0.5, 0.6) is 0 Å². The summed E-state index contributed by atoms with van der Waals surface area (Å²) in [7, 11) is 2.08. The third kappa shape index (κ3) is 9.20. The number of hydrogen-bond acceptors (Lipinski definition) is 8. The number of carbonyl (C=O) groups is 3. The van der Waals surface area contributed by atoms with Gasteiger partial charge in [-0.1, -0.05) is 11.2 Å². The molecule has 0 radical (unpaired) electrons. The van der Waals surface area contributed by atoms with Crippen molar-refractivity contribution in [2.75, 3.05) is 20.2 Å². The van der Waals surface area contributed by atoms with Crippen molar-refractivity contribution < 1.29 is 60.2 Å². The molecule has 0 bridgehead atoms. The maximum Gasteiger partial charge on any atom is 0.490 e. The molecule has 2 aromatic rings. The Kier molecular flexibility index (Phi) is 10.8. The molecule has 4 heterocycles. The predicted molar refractivity (Wildman–Crippen MR) is 117 cm³/mol. The van der Waals surface area contributed by atoms with E-state index >= 15 is 0 Å². The van der Waals surface area contributed by atoms with Crippen molar-refractivity contribution in [3.05, 3.63) is 48.1 Å². The average molecular weight is 570 g/mol. The Morgan fingerprint density at radius 1 is 1.08 bits per heavy atom. The molecule has 17 heteroatoms. The van der Waals surface area contributed by atoms with Crippen molar-refractivity contribution >= 4 is 17.8 Å². The van der Waals surface area contributed by atoms with E-state index in [9.17, 15) is 31.1 Å². The van der Waals surface area contributed by atoms with E-state index < -0.39 is 24.3 Å². The molecule has 0 aliphatic carbocycles. The number of halogens is 6. The molecule has 2 fully saturated rings. The zero-order valence-corrected chi connectivity index (χ0v) is 20.2. The van der Waals surface area contributed by atoms with E-state index in [-0.39, 0.29) is 24.1 Å². The molecule has 2 saturated heterocycles. The van der Waals surface area contributed by atoms with Crippen LogP contribution in [0.25, 0.3) is 0 Å². The summed E-state index contributed by atoms with van der Waals surface area (Å²) in [5, 5.41) is 17.9. The summed E-state index contributed by atoms with van der Waals surface area (Å²) in [6.45, 7) is 2.16. The fraction of sp³-hybridized carbons (Fsp3) is 0.500. The van der Waals surface area contributed by atoms with Crippen LogP contribution in [0.15, 0.2) is 41.3 Å². The highest BCUT2D eigenvalue weighted by molar-refractivity contribution is 5.91. The number of hydrogen-bond donors (Lipinski definition) is 2. The Bertz CT molecular complexity index is 1060. The first kappa shape index (κ1) is 31.5. The van der Waals surface area contributed by atoms with Crippen molar-refractivity contribution in [2.24, 2.45) is 0 Å². The van der Waals surface area contributed by atoms with Crippen molar-refractivity contribution in [1.82, 2.24) is 19.9 Å². The minimum atomic E-state index is -5.08. The van der Waals surface area contributed by atoms with Gasteiger partial charge in [-0.3, -0.25) is 14.7 Å². The molecule has 216 valence electrons. The van der Waals surface area contributed by atoms with Crippen LogP contribution in [0.4, 0.5) is 26.3 Å². The highest BCUT2D eigenvalue weighted by Crippen LogP contribution is 2.33. The Balaban J connectivity index is 0.000000317. The average Bonchev–Trinajstić information content (AvgIpc) is 3.53. The number of pyridine rings is 1. The summed E-state index contributed by atoms with van der Waals surface area (Å²) in [6, 6.07) is 5.87. The number of nitrogens with zero attached hydrogens (tertiary/aromatic N) is 4. The Hall–Kier alpha value is -3.73. The Morgan fingerprint density at radius 2 is 1.69 bits per heavy atom. The molecule has 3 atom stereocenters. The second kappa shape index (κ2) is 13.4. The summed E-state index contributed by atoms with van der Waals surface area (Å²) < 4.78 is 74.6. The number of likely N-dealkylation sites (N-methyl/N-ethyl adjacent to an activating group) is 1. The minimum Gasteiger partial charge on any atom is -0.475 e. The molecular formula is C22H24F6N4O7. The van der Waals surface area contributed by atoms with Crippen LogP contribution >= 0.6 is 0 Å². The number of aromatic nitrogens is 2. The van der Waals surface area contributed by atoms with Crippen molar-refractivity contribution in [1.29, 1.82) is 0 Å². The highest BCUT2D eigenvalue weighted by atomic mass is 19.4. The summed E-state index contributed by atoms with van der Waals surface area (Å²) >= 11 is 0. The van der Waals surface area contributed by atoms with Gasteiger partial charge in [0.05, 0.1) is 24.4 Å². The molecule has 2 N–H and O–H groups in total. The van der Waals surface area contributed by atoms with Crippen LogP contribution in [0.1, 0.15) is 29.0 Å². The summed E-state index contributed by atoms with van der Waals surface area (Å²) in [5.41, 5.74) is 1.15. The number of carboxylic acids is 2. The fourth-order valence-electron chi connectivity index (χ4n) is 3.92. The molecule has 0 unspecified atom stereocenters. The number of carboxylic acid groups (broad SMARTS) is 2. The summed E-state index contributed by atoms with van der Waals surface area (Å²) in [6.07, 6.45) is -3.05. The molecule has 2 aromatic heterocycles. The van der Waals surface area contributed by atoms with Crippen LogP contribution in [0, 0.1) is 0 Å². The second-order valence-corrected chi connectivity index (χ2v) is 8.33. The first-order valence-corrected chi connectivity index (χ1v) is 11.2. The van der Waals surface area contributed by atoms with E-state index in [1.807, 2.05) is 17.2 Å². The zero-order chi connectivity index (χ0) is 29.4. The van der Waals surface area contributed by atoms with Crippen molar-refractivity contribution in [2.45, 2.75) is 49.9 Å². The summed E-state index contributed by atoms with van der Waals surface area (Å²) in [4.78, 5) is 38.9. The van der Waals surface area contributed by atoms with Gasteiger partial charge in [-0.25, -0.2) is 9.59 Å². The lowest BCUT2D eigenvalue weighted by Crippen LogP contribution is -2.46. The van der Waals surface area contributed by atoms with Gasteiger partial charge in [-0.15, -0.1) is 0 Å². The van der Waals surface area contributed by atoms with E-state index in [2.05, 4.69) is 28.2 Å². The monoisotopic (exact) mass is 570 g/mol. The number of rotatable bonds is 4. The molecule has 2 aliphatic heterocycles. The van der Waals surface area contributed by atoms with Gasteiger partial charge in [0.25, 0.3) is 5.91 Å². The lowest BCUT2D eigenvalue weighted by atomic mass is 10.00. The van der Waals surface area contributed by atoms with E-state index in [0.29, 0.717) is 12.3 Å². The number of amides is 1. The number of aliphatic carboxylic acids is 2. The molecule has 0 saturated carbocycles. The fourth-order valence-corrected chi connectivity index (χ4v) is 3.92. The van der Waals surface area contributed by atoms with Crippen molar-refractivity contribution in [3.8, 4) is 0 Å². The topological polar surface area (TPSA) is 146 Å². The third-order valence-electron chi connectivity index (χ3n) is 5.61. The zero-order valence-electron chi connectivity index (χ0n) is 20.2. The van der Waals surface area contributed by atoms with Crippen LogP contribution in [-0.2, 0) is 20.9 Å². The van der Waals surface area contributed by atoms with Gasteiger partial charge >= 0.3 is 24.3 Å². The Labute approximate surface area is 216 Å². The molecule has 2 aliphatic rings. The number of likely N-dealkylation sites (tertiary alicyclic amines) is 1. The maximum absolute atomic E-state index is 12.8. The maximum atomic E-state index is 12.8. The predicted octanol–water partition coefficient (Wildman–Crippen LogP) is 2.84. The van der Waals surface area contributed by atoms with Gasteiger partial charge in [0.2, 0.25) is 5.76 Å². The van der Waals surface area contributed by atoms with Crippen LogP contribution in [-0.4, -0.2) is 98.7 Å². The van der Waals surface area contributed by atoms with Gasteiger partial charge in [0, 0.05) is 38.2 Å². The normalized spacial score (nSPS) is 20.7. The number of alkyl halides is 6. The van der Waals surface area contributed by atoms with Crippen LogP contribution in [0.3, 0.4) is 0 Å². The minimum absolute atomic E-state index is 0.0299. The molecule has 4 rings (SSSR count). The standard InChI is InChI=1S/C18H22N4O3.2C2HF3O2/c1-21(11-13-4-2-7-19-10-13)15-12-22(14-5-3-9-24-17(14)15)18(23)16-6-8-20-25-16;2*3-2(4,5)1(6)7/h2,4,6-8,10,14-15,17H,3,5,9,11-12H2,1H3;2*(H,6,7)/t14-,15-,17+;;/m1../s1. The van der Waals surface area contributed by atoms with Crippen LogP contribution in [0.2, 0.25) is 0 Å². The Morgan fingerprint density at radius 3 is 2.18 bits per heavy atom. The van der Waals surface area contributed by atoms with Gasteiger partial charge in [-0.2, -0.15) is 26.3 Å². The van der Waals surface area contributed by atoms with Gasteiger partial charge in [0.15, 0.2) is 0 Å². The first-order chi connectivity index (χ1) is 18.1. The van der Waals surface area contributed by atoms with E-state index in [1.54, 1.807) is 12.3 Å². The van der Waals surface area contributed by atoms with Crippen LogP contribution < -0.4 is 0 Å². The van der Waals surface area contributed by atoms with Gasteiger partial charge in [-0.05, 0) is 31.5 Å². The number of carbonyl (C=O) groups excluding carboxylic acids is 1. The quantitative estimate of drug-likeness (QED) is 0.526. The molecule has 39 heavy (non-hydrogen) atoms. The molecule has 11 nitrogen and oxygen atoms in total. The number of ether oxygens (including phenoxy) is 1. The highest BCUT2D eigenvalue weighted by Gasteiger charge is 2.48. The molecular weight excluding hydrogens is 546 g/mol.